The maximum Gasteiger partial charge on any atom is 0.0341 e. The molecule has 1 nitrogen and oxygen atoms in total. The van der Waals surface area contributed by atoms with Gasteiger partial charge in [-0.2, -0.15) is 0 Å². The summed E-state index contributed by atoms with van der Waals surface area (Å²) in [6, 6.07) is 3.73. The molecule has 0 aromatic heterocycles. The van der Waals surface area contributed by atoms with Crippen LogP contribution in [0.2, 0.25) is 0 Å². The molecule has 0 bridgehead atoms. The summed E-state index contributed by atoms with van der Waals surface area (Å²) >= 11 is 4.28. The van der Waals surface area contributed by atoms with Crippen LogP contribution in [0.15, 0.2) is 17.0 Å². The Morgan fingerprint density at radius 1 is 1.58 bits per heavy atom. The van der Waals surface area contributed by atoms with Gasteiger partial charge in [-0.15, -0.1) is 25.0 Å². The SMILES string of the molecule is C#CCc1cc(N)cc(S)c1C. The first-order valence-corrected chi connectivity index (χ1v) is 4.11. The Hall–Kier alpha value is -1.07. The number of benzene rings is 1. The van der Waals surface area contributed by atoms with Crippen molar-refractivity contribution in [3.8, 4) is 12.3 Å². The van der Waals surface area contributed by atoms with E-state index in [1.807, 2.05) is 19.1 Å². The first-order valence-electron chi connectivity index (χ1n) is 3.66. The molecule has 2 heteroatoms. The Bertz CT molecular complexity index is 336. The van der Waals surface area contributed by atoms with Gasteiger partial charge in [0.15, 0.2) is 0 Å². The van der Waals surface area contributed by atoms with Crippen molar-refractivity contribution in [3.05, 3.63) is 23.3 Å². The minimum atomic E-state index is 0.616. The summed E-state index contributed by atoms with van der Waals surface area (Å²) in [7, 11) is 0. The number of nitrogen functional groups attached to an aromatic ring is 1. The molecule has 0 atom stereocenters. The van der Waals surface area contributed by atoms with E-state index < -0.39 is 0 Å². The molecule has 0 fully saturated rings. The molecule has 0 spiro atoms. The topological polar surface area (TPSA) is 26.0 Å². The second-order valence-corrected chi connectivity index (χ2v) is 3.19. The van der Waals surface area contributed by atoms with E-state index in [-0.39, 0.29) is 0 Å². The minimum Gasteiger partial charge on any atom is -0.399 e. The van der Waals surface area contributed by atoms with Crippen LogP contribution in [0, 0.1) is 19.3 Å². The van der Waals surface area contributed by atoms with E-state index in [4.69, 9.17) is 12.2 Å². The average molecular weight is 177 g/mol. The zero-order valence-electron chi connectivity index (χ0n) is 6.96. The summed E-state index contributed by atoms with van der Waals surface area (Å²) in [5.41, 5.74) is 8.56. The summed E-state index contributed by atoms with van der Waals surface area (Å²) in [4.78, 5) is 0.903. The van der Waals surface area contributed by atoms with Crippen molar-refractivity contribution in [2.45, 2.75) is 18.2 Å². The molecule has 12 heavy (non-hydrogen) atoms. The summed E-state index contributed by atoms with van der Waals surface area (Å²) in [6.07, 6.45) is 5.83. The molecule has 0 amide bonds. The van der Waals surface area contributed by atoms with Crippen molar-refractivity contribution in [1.29, 1.82) is 0 Å². The maximum absolute atomic E-state index is 5.64. The maximum atomic E-state index is 5.64. The van der Waals surface area contributed by atoms with Gasteiger partial charge in [0.2, 0.25) is 0 Å². The molecule has 1 aromatic carbocycles. The van der Waals surface area contributed by atoms with Gasteiger partial charge in [-0.1, -0.05) is 0 Å². The lowest BCUT2D eigenvalue weighted by atomic mass is 10.1. The molecule has 0 heterocycles. The highest BCUT2D eigenvalue weighted by Crippen LogP contribution is 2.21. The minimum absolute atomic E-state index is 0.616. The van der Waals surface area contributed by atoms with Gasteiger partial charge in [-0.3, -0.25) is 0 Å². The molecule has 0 aliphatic carbocycles. The largest absolute Gasteiger partial charge is 0.399 e. The van der Waals surface area contributed by atoms with E-state index >= 15 is 0 Å². The van der Waals surface area contributed by atoms with Crippen LogP contribution in [0.25, 0.3) is 0 Å². The van der Waals surface area contributed by atoms with Crippen molar-refractivity contribution >= 4 is 18.3 Å². The fraction of sp³-hybridized carbons (Fsp3) is 0.200. The first kappa shape index (κ1) is 9.02. The van der Waals surface area contributed by atoms with Crippen molar-refractivity contribution in [3.63, 3.8) is 0 Å². The van der Waals surface area contributed by atoms with Crippen LogP contribution < -0.4 is 5.73 Å². The van der Waals surface area contributed by atoms with Crippen molar-refractivity contribution in [1.82, 2.24) is 0 Å². The summed E-state index contributed by atoms with van der Waals surface area (Å²) in [6.45, 7) is 1.99. The van der Waals surface area contributed by atoms with Gasteiger partial charge >= 0.3 is 0 Å². The molecule has 1 rings (SSSR count). The molecule has 2 N–H and O–H groups in total. The van der Waals surface area contributed by atoms with Crippen LogP contribution in [0.3, 0.4) is 0 Å². The highest BCUT2D eigenvalue weighted by molar-refractivity contribution is 7.80. The molecule has 1 aromatic rings. The van der Waals surface area contributed by atoms with Crippen molar-refractivity contribution in [2.24, 2.45) is 0 Å². The molecule has 0 radical (unpaired) electrons. The third-order valence-corrected chi connectivity index (χ3v) is 2.27. The van der Waals surface area contributed by atoms with E-state index in [0.717, 1.165) is 21.7 Å². The van der Waals surface area contributed by atoms with Crippen LogP contribution in [-0.2, 0) is 6.42 Å². The molecular weight excluding hydrogens is 166 g/mol. The number of thiol groups is 1. The van der Waals surface area contributed by atoms with Crippen LogP contribution in [0.5, 0.6) is 0 Å². The third kappa shape index (κ3) is 1.75. The lowest BCUT2D eigenvalue weighted by molar-refractivity contribution is 1.18. The van der Waals surface area contributed by atoms with Gasteiger partial charge in [0.1, 0.15) is 0 Å². The van der Waals surface area contributed by atoms with E-state index in [1.165, 1.54) is 0 Å². The highest BCUT2D eigenvalue weighted by atomic mass is 32.1. The molecular formula is C10H11NS. The predicted molar refractivity (Wildman–Crippen MR) is 55.4 cm³/mol. The second kappa shape index (κ2) is 3.55. The van der Waals surface area contributed by atoms with E-state index in [1.54, 1.807) is 0 Å². The van der Waals surface area contributed by atoms with Crippen LogP contribution in [0.4, 0.5) is 5.69 Å². The van der Waals surface area contributed by atoms with Gasteiger partial charge in [0.25, 0.3) is 0 Å². The normalized spacial score (nSPS) is 9.42. The van der Waals surface area contributed by atoms with Crippen LogP contribution in [-0.4, -0.2) is 0 Å². The first-order chi connectivity index (χ1) is 5.65. The predicted octanol–water partition coefficient (Wildman–Crippen LogP) is 2.04. The number of terminal acetylenes is 1. The van der Waals surface area contributed by atoms with Gasteiger partial charge in [0.05, 0.1) is 0 Å². The number of anilines is 1. The van der Waals surface area contributed by atoms with E-state index in [2.05, 4.69) is 18.5 Å². The molecule has 0 saturated carbocycles. The molecule has 0 aliphatic heterocycles. The van der Waals surface area contributed by atoms with E-state index in [9.17, 15) is 0 Å². The fourth-order valence-corrected chi connectivity index (χ4v) is 1.37. The summed E-state index contributed by atoms with van der Waals surface area (Å²) < 4.78 is 0. The monoisotopic (exact) mass is 177 g/mol. The average Bonchev–Trinajstić information content (AvgIpc) is 2.00. The van der Waals surface area contributed by atoms with Crippen molar-refractivity contribution < 1.29 is 0 Å². The van der Waals surface area contributed by atoms with Gasteiger partial charge in [0, 0.05) is 17.0 Å². The Morgan fingerprint density at radius 3 is 2.83 bits per heavy atom. The molecule has 0 aliphatic rings. The Balaban J connectivity index is 3.20. The highest BCUT2D eigenvalue weighted by Gasteiger charge is 2.01. The number of hydrogen-bond acceptors (Lipinski definition) is 2. The van der Waals surface area contributed by atoms with Crippen LogP contribution >= 0.6 is 12.6 Å². The van der Waals surface area contributed by atoms with Gasteiger partial charge in [-0.25, -0.2) is 0 Å². The quantitative estimate of drug-likeness (QED) is 0.383. The standard InChI is InChI=1S/C10H11NS/c1-3-4-8-5-9(11)6-10(12)7(8)2/h1,5-6,12H,4,11H2,2H3. The van der Waals surface area contributed by atoms with Gasteiger partial charge in [-0.05, 0) is 30.2 Å². The Labute approximate surface area is 78.4 Å². The molecule has 62 valence electrons. The smallest absolute Gasteiger partial charge is 0.0341 e. The fourth-order valence-electron chi connectivity index (χ4n) is 1.08. The number of nitrogens with two attached hydrogens (primary N) is 1. The summed E-state index contributed by atoms with van der Waals surface area (Å²) in [5, 5.41) is 0. The second-order valence-electron chi connectivity index (χ2n) is 2.71. The zero-order chi connectivity index (χ0) is 9.14. The number of rotatable bonds is 1. The van der Waals surface area contributed by atoms with E-state index in [0.29, 0.717) is 6.42 Å². The Morgan fingerprint density at radius 2 is 2.25 bits per heavy atom. The molecule has 0 unspecified atom stereocenters. The lowest BCUT2D eigenvalue weighted by Crippen LogP contribution is -1.93. The van der Waals surface area contributed by atoms with Crippen molar-refractivity contribution in [2.75, 3.05) is 5.73 Å². The van der Waals surface area contributed by atoms with Gasteiger partial charge < -0.3 is 5.73 Å². The lowest BCUT2D eigenvalue weighted by Gasteiger charge is -2.06. The summed E-state index contributed by atoms with van der Waals surface area (Å²) in [5.74, 6) is 2.59. The van der Waals surface area contributed by atoms with Crippen LogP contribution in [0.1, 0.15) is 11.1 Å². The molecule has 0 saturated heterocycles. The number of hydrogen-bond donors (Lipinski definition) is 2. The third-order valence-electron chi connectivity index (χ3n) is 1.80. The Kier molecular flexibility index (Phi) is 2.67. The zero-order valence-corrected chi connectivity index (χ0v) is 7.86.